The first kappa shape index (κ1) is 31.3. The Bertz CT molecular complexity index is 2220. The molecule has 0 spiro atoms. The van der Waals surface area contributed by atoms with Gasteiger partial charge in [-0.1, -0.05) is 55.3 Å². The summed E-state index contributed by atoms with van der Waals surface area (Å²) in [6, 6.07) is 21.3. The average molecular weight is 667 g/mol. The van der Waals surface area contributed by atoms with E-state index in [4.69, 9.17) is 0 Å². The molecule has 11 nitrogen and oxygen atoms in total. The van der Waals surface area contributed by atoms with Crippen LogP contribution in [0.3, 0.4) is 0 Å². The van der Waals surface area contributed by atoms with Crippen molar-refractivity contribution in [2.75, 3.05) is 11.4 Å². The summed E-state index contributed by atoms with van der Waals surface area (Å²) < 4.78 is 29.7. The molecular formula is C36H34N4O7S. The van der Waals surface area contributed by atoms with Gasteiger partial charge in [0.15, 0.2) is 11.5 Å². The van der Waals surface area contributed by atoms with E-state index in [-0.39, 0.29) is 27.8 Å². The number of carbonyl (C=O) groups is 3. The van der Waals surface area contributed by atoms with Crippen molar-refractivity contribution >= 4 is 55.2 Å². The third-order valence-corrected chi connectivity index (χ3v) is 11.1. The fraction of sp³-hybridized carbons (Fsp3) is 0.250. The average Bonchev–Trinajstić information content (AvgIpc) is 3.76. The highest BCUT2D eigenvalue weighted by Crippen LogP contribution is 2.38. The molecule has 1 aromatic heterocycles. The summed E-state index contributed by atoms with van der Waals surface area (Å²) in [5, 5.41) is 25.6. The third kappa shape index (κ3) is 5.12. The Labute approximate surface area is 277 Å². The molecule has 0 saturated heterocycles. The predicted molar refractivity (Wildman–Crippen MR) is 180 cm³/mol. The number of aryl methyl sites for hydroxylation is 1. The third-order valence-electron chi connectivity index (χ3n) is 9.33. The number of hydrogen-bond acceptors (Lipinski definition) is 7. The fourth-order valence-corrected chi connectivity index (χ4v) is 8.55. The highest BCUT2D eigenvalue weighted by atomic mass is 32.2. The topological polar surface area (TPSA) is 149 Å². The van der Waals surface area contributed by atoms with Crippen LogP contribution in [-0.4, -0.2) is 57.8 Å². The molecule has 7 rings (SSSR count). The van der Waals surface area contributed by atoms with Gasteiger partial charge >= 0.3 is 0 Å². The molecule has 0 bridgehead atoms. The van der Waals surface area contributed by atoms with Crippen molar-refractivity contribution in [3.63, 3.8) is 0 Å². The molecule has 1 aliphatic carbocycles. The number of anilines is 1. The summed E-state index contributed by atoms with van der Waals surface area (Å²) in [5.41, 5.74) is 2.20. The molecule has 2 aliphatic rings. The normalized spacial score (nSPS) is 16.4. The van der Waals surface area contributed by atoms with Gasteiger partial charge < -0.3 is 20.1 Å². The van der Waals surface area contributed by atoms with Gasteiger partial charge in [-0.3, -0.25) is 19.3 Å². The number of aromatic hydroxyl groups is 2. The molecule has 1 atom stereocenters. The smallest absolute Gasteiger partial charge is 0.269 e. The number of sulfonamides is 1. The fourth-order valence-electron chi connectivity index (χ4n) is 7.03. The Balaban J connectivity index is 1.40. The van der Waals surface area contributed by atoms with Crippen LogP contribution in [0.25, 0.3) is 21.8 Å². The Morgan fingerprint density at radius 1 is 0.896 bits per heavy atom. The number of benzene rings is 4. The van der Waals surface area contributed by atoms with Crippen LogP contribution >= 0.6 is 0 Å². The number of hydrogen-bond donors (Lipinski definition) is 3. The maximum Gasteiger partial charge on any atom is 0.269 e. The summed E-state index contributed by atoms with van der Waals surface area (Å²) in [5.74, 6) is -3.12. The lowest BCUT2D eigenvalue weighted by Gasteiger charge is -2.33. The minimum atomic E-state index is -4.35. The zero-order valence-electron chi connectivity index (χ0n) is 26.2. The van der Waals surface area contributed by atoms with Crippen LogP contribution in [-0.2, 0) is 26.2 Å². The van der Waals surface area contributed by atoms with Crippen LogP contribution in [0.5, 0.6) is 11.5 Å². The first-order valence-electron chi connectivity index (χ1n) is 15.9. The molecule has 1 saturated carbocycles. The van der Waals surface area contributed by atoms with Crippen LogP contribution in [0.4, 0.5) is 5.69 Å². The zero-order valence-corrected chi connectivity index (χ0v) is 27.0. The molecule has 5 aromatic rings. The van der Waals surface area contributed by atoms with Gasteiger partial charge in [-0.25, -0.2) is 12.7 Å². The second-order valence-electron chi connectivity index (χ2n) is 12.2. The molecule has 0 radical (unpaired) electrons. The standard InChI is InChI=1S/C36H34N4O7S/c1-2-38-28-13-7-5-11-25(28)26-17-16-24(20-29(26)38)40(33(43)21-39-36(45)27-12-6-8-14-32(27)48(39,46)47)34(22-15-18-30(41)31(42)19-22)35(44)37-23-9-3-4-10-23/h5-8,11-20,23,34,41-42H,2-4,9-10,21H2,1H3,(H,37,44). The lowest BCUT2D eigenvalue weighted by atomic mass is 10.0. The maximum atomic E-state index is 14.6. The number of para-hydroxylation sites is 1. The summed E-state index contributed by atoms with van der Waals surface area (Å²) in [6.45, 7) is 1.74. The lowest BCUT2D eigenvalue weighted by molar-refractivity contribution is -0.127. The molecule has 3 amide bonds. The van der Waals surface area contributed by atoms with E-state index in [2.05, 4.69) is 9.88 Å². The van der Waals surface area contributed by atoms with E-state index in [0.717, 1.165) is 47.5 Å². The van der Waals surface area contributed by atoms with E-state index < -0.39 is 51.8 Å². The number of rotatable bonds is 8. The van der Waals surface area contributed by atoms with E-state index in [1.54, 1.807) is 18.2 Å². The molecule has 1 aliphatic heterocycles. The second kappa shape index (κ2) is 12.0. The van der Waals surface area contributed by atoms with Gasteiger partial charge in [0, 0.05) is 34.6 Å². The zero-order chi connectivity index (χ0) is 33.7. The Morgan fingerprint density at radius 2 is 1.60 bits per heavy atom. The van der Waals surface area contributed by atoms with Crippen molar-refractivity contribution in [2.24, 2.45) is 0 Å². The van der Waals surface area contributed by atoms with Gasteiger partial charge in [-0.15, -0.1) is 0 Å². The van der Waals surface area contributed by atoms with Gasteiger partial charge in [-0.2, -0.15) is 0 Å². The van der Waals surface area contributed by atoms with E-state index in [1.807, 2.05) is 37.3 Å². The molecular weight excluding hydrogens is 632 g/mol. The minimum Gasteiger partial charge on any atom is -0.504 e. The van der Waals surface area contributed by atoms with Crippen molar-refractivity contribution in [3.8, 4) is 11.5 Å². The second-order valence-corrected chi connectivity index (χ2v) is 14.0. The monoisotopic (exact) mass is 666 g/mol. The van der Waals surface area contributed by atoms with E-state index in [9.17, 15) is 33.0 Å². The number of carbonyl (C=O) groups excluding carboxylic acids is 3. The molecule has 1 fully saturated rings. The summed E-state index contributed by atoms with van der Waals surface area (Å²) in [4.78, 5) is 43.3. The number of nitrogens with one attached hydrogen (secondary N) is 1. The quantitative estimate of drug-likeness (QED) is 0.193. The largest absolute Gasteiger partial charge is 0.504 e. The highest BCUT2D eigenvalue weighted by Gasteiger charge is 2.44. The van der Waals surface area contributed by atoms with Gasteiger partial charge in [0.05, 0.1) is 11.1 Å². The molecule has 4 aromatic carbocycles. The first-order valence-corrected chi connectivity index (χ1v) is 17.4. The van der Waals surface area contributed by atoms with E-state index in [1.165, 1.54) is 41.3 Å². The first-order chi connectivity index (χ1) is 23.1. The molecule has 246 valence electrons. The molecule has 2 heterocycles. The SMILES string of the molecule is CCn1c2ccccc2c2ccc(N(C(=O)CN3C(=O)c4ccccc4S3(=O)=O)C(C(=O)NC3CCCC3)c3ccc(O)c(O)c3)cc21. The van der Waals surface area contributed by atoms with Crippen LogP contribution < -0.4 is 10.2 Å². The van der Waals surface area contributed by atoms with Crippen LogP contribution in [0.1, 0.15) is 54.6 Å². The number of aromatic nitrogens is 1. The molecule has 3 N–H and O–H groups in total. The Morgan fingerprint density at radius 3 is 2.33 bits per heavy atom. The predicted octanol–water partition coefficient (Wildman–Crippen LogP) is 5.20. The van der Waals surface area contributed by atoms with E-state index >= 15 is 0 Å². The van der Waals surface area contributed by atoms with Gasteiger partial charge in [0.25, 0.3) is 15.9 Å². The minimum absolute atomic E-state index is 0.0373. The summed E-state index contributed by atoms with van der Waals surface area (Å²) in [6.07, 6.45) is 3.39. The highest BCUT2D eigenvalue weighted by molar-refractivity contribution is 7.90. The maximum absolute atomic E-state index is 14.6. The van der Waals surface area contributed by atoms with Crippen molar-refractivity contribution in [2.45, 2.75) is 56.1 Å². The number of amides is 3. The molecule has 1 unspecified atom stereocenters. The van der Waals surface area contributed by atoms with Crippen molar-refractivity contribution in [3.05, 3.63) is 96.1 Å². The summed E-state index contributed by atoms with van der Waals surface area (Å²) in [7, 11) is -4.35. The van der Waals surface area contributed by atoms with Gasteiger partial charge in [0.2, 0.25) is 11.8 Å². The number of nitrogens with zero attached hydrogens (tertiary/aromatic N) is 3. The van der Waals surface area contributed by atoms with Crippen LogP contribution in [0.15, 0.2) is 89.8 Å². The lowest BCUT2D eigenvalue weighted by Crippen LogP contribution is -2.49. The van der Waals surface area contributed by atoms with E-state index in [0.29, 0.717) is 10.8 Å². The van der Waals surface area contributed by atoms with Gasteiger partial charge in [-0.05, 0) is 67.8 Å². The summed E-state index contributed by atoms with van der Waals surface area (Å²) >= 11 is 0. The molecule has 48 heavy (non-hydrogen) atoms. The van der Waals surface area contributed by atoms with Crippen molar-refractivity contribution < 1.29 is 33.0 Å². The number of fused-ring (bicyclic) bond motifs is 4. The van der Waals surface area contributed by atoms with Crippen molar-refractivity contribution in [1.82, 2.24) is 14.2 Å². The van der Waals surface area contributed by atoms with Crippen LogP contribution in [0, 0.1) is 0 Å². The number of phenolic OH excluding ortho intramolecular Hbond substituents is 2. The Hall–Kier alpha value is -5.36. The van der Waals surface area contributed by atoms with Crippen LogP contribution in [0.2, 0.25) is 0 Å². The van der Waals surface area contributed by atoms with Crippen molar-refractivity contribution in [1.29, 1.82) is 0 Å². The molecule has 12 heteroatoms. The van der Waals surface area contributed by atoms with Gasteiger partial charge in [0.1, 0.15) is 17.5 Å². The number of phenols is 2. The Kier molecular flexibility index (Phi) is 7.83.